The van der Waals surface area contributed by atoms with Crippen LogP contribution in [0.15, 0.2) is 54.6 Å². The number of ether oxygens (including phenoxy) is 2. The van der Waals surface area contributed by atoms with E-state index in [0.29, 0.717) is 17.9 Å². The molecule has 0 bridgehead atoms. The minimum Gasteiger partial charge on any atom is -0.496 e. The summed E-state index contributed by atoms with van der Waals surface area (Å²) in [6.07, 6.45) is 0.717. The summed E-state index contributed by atoms with van der Waals surface area (Å²) < 4.78 is 11.1. The molecule has 3 aromatic carbocycles. The first kappa shape index (κ1) is 23.4. The standard InChI is InChI=1S/C27H31NO4/c1-17-7-6-8-18(2)25(17)27(30)28-19(3)13-20-9-11-22(12-10-20)26-23(31-4)14-21(16-29)15-24(26)32-5/h6-12,14-15,19,29H,13,16H2,1-5H3,(H,28,30)/t19-/m1/s1. The van der Waals surface area contributed by atoms with Gasteiger partial charge >= 0.3 is 0 Å². The molecule has 32 heavy (non-hydrogen) atoms. The Morgan fingerprint density at radius 2 is 1.50 bits per heavy atom. The van der Waals surface area contributed by atoms with Gasteiger partial charge in [0.05, 0.1) is 26.4 Å². The zero-order valence-electron chi connectivity index (χ0n) is 19.4. The van der Waals surface area contributed by atoms with E-state index in [1.54, 1.807) is 14.2 Å². The largest absolute Gasteiger partial charge is 0.496 e. The van der Waals surface area contributed by atoms with Crippen LogP contribution in [0.2, 0.25) is 0 Å². The van der Waals surface area contributed by atoms with Gasteiger partial charge in [-0.15, -0.1) is 0 Å². The van der Waals surface area contributed by atoms with Gasteiger partial charge in [0.15, 0.2) is 0 Å². The molecule has 0 aromatic heterocycles. The molecule has 3 aromatic rings. The van der Waals surface area contributed by atoms with Gasteiger partial charge in [0.1, 0.15) is 11.5 Å². The molecule has 3 rings (SSSR count). The van der Waals surface area contributed by atoms with Crippen molar-refractivity contribution in [3.05, 3.63) is 82.4 Å². The van der Waals surface area contributed by atoms with Gasteiger partial charge in [-0.1, -0.05) is 42.5 Å². The maximum atomic E-state index is 12.8. The number of aliphatic hydroxyl groups excluding tert-OH is 1. The highest BCUT2D eigenvalue weighted by atomic mass is 16.5. The minimum atomic E-state index is -0.0857. The average Bonchev–Trinajstić information content (AvgIpc) is 2.78. The minimum absolute atomic E-state index is 0.0136. The van der Waals surface area contributed by atoms with Crippen LogP contribution in [0.25, 0.3) is 11.1 Å². The molecule has 0 saturated heterocycles. The third-order valence-electron chi connectivity index (χ3n) is 5.62. The molecule has 0 aliphatic carbocycles. The lowest BCUT2D eigenvalue weighted by atomic mass is 9.98. The number of carbonyl (C=O) groups excluding carboxylic acids is 1. The molecule has 5 nitrogen and oxygen atoms in total. The van der Waals surface area contributed by atoms with Crippen LogP contribution in [-0.4, -0.2) is 31.3 Å². The van der Waals surface area contributed by atoms with Crippen LogP contribution in [0, 0.1) is 13.8 Å². The maximum Gasteiger partial charge on any atom is 0.252 e. The zero-order valence-corrected chi connectivity index (χ0v) is 19.4. The van der Waals surface area contributed by atoms with Crippen molar-refractivity contribution in [1.82, 2.24) is 5.32 Å². The fourth-order valence-electron chi connectivity index (χ4n) is 4.02. The number of rotatable bonds is 8. The fraction of sp³-hybridized carbons (Fsp3) is 0.296. The Morgan fingerprint density at radius 1 is 0.938 bits per heavy atom. The average molecular weight is 434 g/mol. The van der Waals surface area contributed by atoms with E-state index in [9.17, 15) is 9.90 Å². The molecule has 1 atom stereocenters. The van der Waals surface area contributed by atoms with E-state index in [1.807, 2.05) is 63.2 Å². The Morgan fingerprint density at radius 3 is 2.00 bits per heavy atom. The number of hydrogen-bond donors (Lipinski definition) is 2. The molecule has 0 radical (unpaired) electrons. The van der Waals surface area contributed by atoms with Crippen molar-refractivity contribution in [2.75, 3.05) is 14.2 Å². The quantitative estimate of drug-likeness (QED) is 0.533. The predicted octanol–water partition coefficient (Wildman–Crippen LogP) is 4.84. The van der Waals surface area contributed by atoms with Crippen LogP contribution < -0.4 is 14.8 Å². The van der Waals surface area contributed by atoms with E-state index >= 15 is 0 Å². The molecule has 0 heterocycles. The van der Waals surface area contributed by atoms with Crippen molar-refractivity contribution in [3.63, 3.8) is 0 Å². The van der Waals surface area contributed by atoms with Gasteiger partial charge in [-0.3, -0.25) is 4.79 Å². The summed E-state index contributed by atoms with van der Waals surface area (Å²) >= 11 is 0. The normalized spacial score (nSPS) is 11.7. The van der Waals surface area contributed by atoms with Gasteiger partial charge in [0.25, 0.3) is 5.91 Å². The number of methoxy groups -OCH3 is 2. The van der Waals surface area contributed by atoms with E-state index in [-0.39, 0.29) is 18.6 Å². The Kier molecular flexibility index (Phi) is 7.54. The number of aryl methyl sites for hydroxylation is 2. The van der Waals surface area contributed by atoms with E-state index in [2.05, 4.69) is 17.4 Å². The molecule has 0 saturated carbocycles. The zero-order chi connectivity index (χ0) is 23.3. The monoisotopic (exact) mass is 433 g/mol. The Labute approximate surface area is 190 Å². The summed E-state index contributed by atoms with van der Waals surface area (Å²) in [7, 11) is 3.21. The second-order valence-corrected chi connectivity index (χ2v) is 8.08. The first-order valence-corrected chi connectivity index (χ1v) is 10.7. The molecule has 0 fully saturated rings. The highest BCUT2D eigenvalue weighted by Crippen LogP contribution is 2.39. The summed E-state index contributed by atoms with van der Waals surface area (Å²) in [5, 5.41) is 12.6. The van der Waals surface area contributed by atoms with Gasteiger partial charge in [0, 0.05) is 11.6 Å². The third-order valence-corrected chi connectivity index (χ3v) is 5.62. The van der Waals surface area contributed by atoms with E-state index in [4.69, 9.17) is 9.47 Å². The van der Waals surface area contributed by atoms with Gasteiger partial charge < -0.3 is 19.9 Å². The van der Waals surface area contributed by atoms with Crippen molar-refractivity contribution in [2.24, 2.45) is 0 Å². The van der Waals surface area contributed by atoms with Crippen LogP contribution in [-0.2, 0) is 13.0 Å². The van der Waals surface area contributed by atoms with Crippen molar-refractivity contribution in [2.45, 2.75) is 39.8 Å². The number of hydrogen-bond acceptors (Lipinski definition) is 4. The van der Waals surface area contributed by atoms with Gasteiger partial charge in [-0.2, -0.15) is 0 Å². The van der Waals surface area contributed by atoms with Crippen LogP contribution in [0.4, 0.5) is 0 Å². The van der Waals surface area contributed by atoms with Crippen molar-refractivity contribution < 1.29 is 19.4 Å². The van der Waals surface area contributed by atoms with Crippen molar-refractivity contribution >= 4 is 5.91 Å². The Balaban J connectivity index is 1.76. The molecule has 1 amide bonds. The SMILES string of the molecule is COc1cc(CO)cc(OC)c1-c1ccc(C[C@@H](C)NC(=O)c2c(C)cccc2C)cc1. The van der Waals surface area contributed by atoms with Gasteiger partial charge in [0.2, 0.25) is 0 Å². The molecule has 0 aliphatic rings. The lowest BCUT2D eigenvalue weighted by Crippen LogP contribution is -2.34. The van der Waals surface area contributed by atoms with Crippen LogP contribution in [0.1, 0.15) is 39.5 Å². The number of carbonyl (C=O) groups is 1. The lowest BCUT2D eigenvalue weighted by Gasteiger charge is -2.17. The van der Waals surface area contributed by atoms with E-state index in [0.717, 1.165) is 38.9 Å². The number of nitrogens with one attached hydrogen (secondary N) is 1. The van der Waals surface area contributed by atoms with Gasteiger partial charge in [-0.05, 0) is 67.1 Å². The summed E-state index contributed by atoms with van der Waals surface area (Å²) in [4.78, 5) is 12.8. The molecular formula is C27H31NO4. The lowest BCUT2D eigenvalue weighted by molar-refractivity contribution is 0.0939. The number of amides is 1. The summed E-state index contributed by atoms with van der Waals surface area (Å²) in [5.41, 5.74) is 6.36. The summed E-state index contributed by atoms with van der Waals surface area (Å²) in [6.45, 7) is 5.85. The summed E-state index contributed by atoms with van der Waals surface area (Å²) in [6, 6.07) is 17.7. The summed E-state index contributed by atoms with van der Waals surface area (Å²) in [5.74, 6) is 1.26. The predicted molar refractivity (Wildman–Crippen MR) is 127 cm³/mol. The molecular weight excluding hydrogens is 402 g/mol. The second kappa shape index (κ2) is 10.3. The van der Waals surface area contributed by atoms with E-state index < -0.39 is 0 Å². The molecule has 168 valence electrons. The van der Waals surface area contributed by atoms with Gasteiger partial charge in [-0.25, -0.2) is 0 Å². The topological polar surface area (TPSA) is 67.8 Å². The van der Waals surface area contributed by atoms with E-state index in [1.165, 1.54) is 0 Å². The Hall–Kier alpha value is -3.31. The third kappa shape index (κ3) is 5.11. The first-order chi connectivity index (χ1) is 15.4. The van der Waals surface area contributed by atoms with Crippen LogP contribution in [0.5, 0.6) is 11.5 Å². The van der Waals surface area contributed by atoms with Crippen molar-refractivity contribution in [3.8, 4) is 22.6 Å². The molecule has 0 spiro atoms. The highest BCUT2D eigenvalue weighted by molar-refractivity contribution is 5.97. The molecule has 0 unspecified atom stereocenters. The fourth-order valence-corrected chi connectivity index (χ4v) is 4.02. The smallest absolute Gasteiger partial charge is 0.252 e. The second-order valence-electron chi connectivity index (χ2n) is 8.08. The molecule has 2 N–H and O–H groups in total. The first-order valence-electron chi connectivity index (χ1n) is 10.7. The van der Waals surface area contributed by atoms with Crippen molar-refractivity contribution in [1.29, 1.82) is 0 Å². The van der Waals surface area contributed by atoms with Crippen LogP contribution >= 0.6 is 0 Å². The Bertz CT molecular complexity index is 1040. The molecule has 0 aliphatic heterocycles. The number of aliphatic hydroxyl groups is 1. The van der Waals surface area contributed by atoms with Crippen LogP contribution in [0.3, 0.4) is 0 Å². The number of benzene rings is 3. The molecule has 5 heteroatoms. The maximum absolute atomic E-state index is 12.8. The highest BCUT2D eigenvalue weighted by Gasteiger charge is 2.17.